The van der Waals surface area contributed by atoms with Crippen molar-refractivity contribution in [3.05, 3.63) is 35.4 Å². The molecule has 0 radical (unpaired) electrons. The number of benzene rings is 1. The number of hydrogen-bond acceptors (Lipinski definition) is 3. The van der Waals surface area contributed by atoms with Crippen LogP contribution >= 0.6 is 0 Å². The maximum absolute atomic E-state index is 11.7. The molecule has 0 bridgehead atoms. The molecule has 21 heavy (non-hydrogen) atoms. The Morgan fingerprint density at radius 2 is 1.90 bits per heavy atom. The molecule has 1 saturated heterocycles. The van der Waals surface area contributed by atoms with E-state index in [-0.39, 0.29) is 11.9 Å². The molecule has 1 amide bonds. The van der Waals surface area contributed by atoms with Gasteiger partial charge < -0.3 is 10.4 Å². The lowest BCUT2D eigenvalue weighted by atomic mass is 9.98. The second-order valence-electron chi connectivity index (χ2n) is 6.57. The summed E-state index contributed by atoms with van der Waals surface area (Å²) in [5, 5.41) is 12.6. The van der Waals surface area contributed by atoms with Crippen LogP contribution in [0, 0.1) is 0 Å². The first-order valence-corrected chi connectivity index (χ1v) is 7.67. The zero-order valence-corrected chi connectivity index (χ0v) is 13.2. The van der Waals surface area contributed by atoms with Gasteiger partial charge in [0.2, 0.25) is 5.91 Å². The summed E-state index contributed by atoms with van der Waals surface area (Å²) in [5.74, 6) is 0.114. The lowest BCUT2D eigenvalue weighted by Crippen LogP contribution is -2.53. The van der Waals surface area contributed by atoms with E-state index in [2.05, 4.69) is 34.5 Å². The third-order valence-corrected chi connectivity index (χ3v) is 4.06. The topological polar surface area (TPSA) is 52.6 Å². The maximum atomic E-state index is 11.7. The number of amides is 1. The van der Waals surface area contributed by atoms with E-state index in [1.54, 1.807) is 0 Å². The van der Waals surface area contributed by atoms with E-state index in [1.165, 1.54) is 11.1 Å². The lowest BCUT2D eigenvalue weighted by molar-refractivity contribution is -0.128. The normalized spacial score (nSPS) is 20.4. The third-order valence-electron chi connectivity index (χ3n) is 4.06. The molecule has 2 N–H and O–H groups in total. The predicted molar refractivity (Wildman–Crippen MR) is 83.9 cm³/mol. The van der Waals surface area contributed by atoms with E-state index in [1.807, 2.05) is 20.8 Å². The van der Waals surface area contributed by atoms with Crippen LogP contribution in [0.15, 0.2) is 24.3 Å². The van der Waals surface area contributed by atoms with Crippen LogP contribution in [0.5, 0.6) is 0 Å². The van der Waals surface area contributed by atoms with Crippen molar-refractivity contribution >= 4 is 5.91 Å². The fourth-order valence-corrected chi connectivity index (χ4v) is 2.54. The van der Waals surface area contributed by atoms with E-state index in [0.29, 0.717) is 0 Å². The van der Waals surface area contributed by atoms with Gasteiger partial charge in [-0.05, 0) is 44.7 Å². The zero-order valence-electron chi connectivity index (χ0n) is 13.2. The first-order valence-electron chi connectivity index (χ1n) is 7.67. The van der Waals surface area contributed by atoms with Gasteiger partial charge in [0.15, 0.2) is 0 Å². The van der Waals surface area contributed by atoms with Crippen LogP contribution in [0.4, 0.5) is 0 Å². The van der Waals surface area contributed by atoms with Crippen LogP contribution in [0.25, 0.3) is 0 Å². The summed E-state index contributed by atoms with van der Waals surface area (Å²) >= 11 is 0. The molecule has 0 aliphatic carbocycles. The number of carbonyl (C=O) groups is 1. The Bertz CT molecular complexity index is 477. The van der Waals surface area contributed by atoms with Crippen LogP contribution < -0.4 is 5.32 Å². The summed E-state index contributed by atoms with van der Waals surface area (Å²) in [7, 11) is 0. The summed E-state index contributed by atoms with van der Waals surface area (Å²) in [4.78, 5) is 13.9. The molecule has 0 aromatic heterocycles. The average Bonchev–Trinajstić information content (AvgIpc) is 2.42. The molecule has 1 aromatic rings. The first-order chi connectivity index (χ1) is 9.85. The summed E-state index contributed by atoms with van der Waals surface area (Å²) in [6.45, 7) is 8.06. The Balaban J connectivity index is 1.91. The minimum absolute atomic E-state index is 0.0615. The van der Waals surface area contributed by atoms with Gasteiger partial charge in [-0.1, -0.05) is 24.3 Å². The predicted octanol–water partition coefficient (Wildman–Crippen LogP) is 1.71. The van der Waals surface area contributed by atoms with Crippen LogP contribution in [-0.2, 0) is 17.8 Å². The third kappa shape index (κ3) is 4.83. The van der Waals surface area contributed by atoms with Gasteiger partial charge in [0.1, 0.15) is 0 Å². The minimum Gasteiger partial charge on any atom is -0.390 e. The highest BCUT2D eigenvalue weighted by Gasteiger charge is 2.25. The van der Waals surface area contributed by atoms with Gasteiger partial charge in [0, 0.05) is 19.6 Å². The Morgan fingerprint density at radius 1 is 1.29 bits per heavy atom. The molecular weight excluding hydrogens is 264 g/mol. The second-order valence-corrected chi connectivity index (χ2v) is 6.57. The van der Waals surface area contributed by atoms with Gasteiger partial charge in [-0.15, -0.1) is 0 Å². The SMILES string of the molecule is C[C@@H]1C(=O)NCCN1Cc1ccc(CCC(C)(C)O)cc1. The van der Waals surface area contributed by atoms with E-state index >= 15 is 0 Å². The highest BCUT2D eigenvalue weighted by molar-refractivity contribution is 5.81. The number of piperazine rings is 1. The molecule has 4 nitrogen and oxygen atoms in total. The van der Waals surface area contributed by atoms with Gasteiger partial charge in [0.25, 0.3) is 0 Å². The largest absolute Gasteiger partial charge is 0.390 e. The van der Waals surface area contributed by atoms with Gasteiger partial charge in [-0.3, -0.25) is 9.69 Å². The molecule has 2 rings (SSSR count). The second kappa shape index (κ2) is 6.58. The van der Waals surface area contributed by atoms with Crippen molar-refractivity contribution in [1.82, 2.24) is 10.2 Å². The van der Waals surface area contributed by atoms with E-state index < -0.39 is 5.60 Å². The fraction of sp³-hybridized carbons (Fsp3) is 0.588. The van der Waals surface area contributed by atoms with Gasteiger partial charge in [-0.25, -0.2) is 0 Å². The first kappa shape index (κ1) is 16.0. The van der Waals surface area contributed by atoms with Crippen molar-refractivity contribution in [2.24, 2.45) is 0 Å². The van der Waals surface area contributed by atoms with Gasteiger partial charge >= 0.3 is 0 Å². The molecule has 0 saturated carbocycles. The molecule has 1 heterocycles. The van der Waals surface area contributed by atoms with Crippen LogP contribution in [0.3, 0.4) is 0 Å². The molecule has 0 unspecified atom stereocenters. The molecule has 1 aliphatic rings. The van der Waals surface area contributed by atoms with E-state index in [4.69, 9.17) is 0 Å². The van der Waals surface area contributed by atoms with Crippen molar-refractivity contribution < 1.29 is 9.90 Å². The number of rotatable bonds is 5. The molecule has 1 atom stereocenters. The number of nitrogens with zero attached hydrogens (tertiary/aromatic N) is 1. The van der Waals surface area contributed by atoms with Crippen LogP contribution in [0.2, 0.25) is 0 Å². The van der Waals surface area contributed by atoms with E-state index in [9.17, 15) is 9.90 Å². The number of carbonyl (C=O) groups excluding carboxylic acids is 1. The number of aryl methyl sites for hydroxylation is 1. The number of hydrogen-bond donors (Lipinski definition) is 2. The summed E-state index contributed by atoms with van der Waals surface area (Å²) < 4.78 is 0. The average molecular weight is 290 g/mol. The fourth-order valence-electron chi connectivity index (χ4n) is 2.54. The number of aliphatic hydroxyl groups is 1. The van der Waals surface area contributed by atoms with Gasteiger partial charge in [0.05, 0.1) is 11.6 Å². The Morgan fingerprint density at radius 3 is 2.52 bits per heavy atom. The molecule has 0 spiro atoms. The summed E-state index contributed by atoms with van der Waals surface area (Å²) in [6, 6.07) is 8.43. The zero-order chi connectivity index (χ0) is 15.5. The molecule has 1 fully saturated rings. The standard InChI is InChI=1S/C17H26N2O2/c1-13-16(20)18-10-11-19(13)12-15-6-4-14(5-7-15)8-9-17(2,3)21/h4-7,13,21H,8-12H2,1-3H3,(H,18,20)/t13-/m1/s1. The van der Waals surface area contributed by atoms with Crippen molar-refractivity contribution in [3.63, 3.8) is 0 Å². The molecule has 1 aromatic carbocycles. The quantitative estimate of drug-likeness (QED) is 0.868. The Hall–Kier alpha value is -1.39. The molecule has 4 heteroatoms. The Kier molecular flexibility index (Phi) is 5.01. The van der Waals surface area contributed by atoms with Crippen molar-refractivity contribution in [2.45, 2.75) is 51.8 Å². The molecular formula is C17H26N2O2. The lowest BCUT2D eigenvalue weighted by Gasteiger charge is -2.32. The summed E-state index contributed by atoms with van der Waals surface area (Å²) in [5.41, 5.74) is 1.85. The maximum Gasteiger partial charge on any atom is 0.237 e. The minimum atomic E-state index is -0.616. The highest BCUT2D eigenvalue weighted by Crippen LogP contribution is 2.15. The number of nitrogens with one attached hydrogen (secondary N) is 1. The van der Waals surface area contributed by atoms with Crippen LogP contribution in [0.1, 0.15) is 38.3 Å². The molecule has 116 valence electrons. The summed E-state index contributed by atoms with van der Waals surface area (Å²) in [6.07, 6.45) is 1.64. The van der Waals surface area contributed by atoms with Gasteiger partial charge in [-0.2, -0.15) is 0 Å². The van der Waals surface area contributed by atoms with Crippen LogP contribution in [-0.4, -0.2) is 40.6 Å². The molecule has 1 aliphatic heterocycles. The van der Waals surface area contributed by atoms with Crippen molar-refractivity contribution in [3.8, 4) is 0 Å². The van der Waals surface area contributed by atoms with E-state index in [0.717, 1.165) is 32.5 Å². The monoisotopic (exact) mass is 290 g/mol. The highest BCUT2D eigenvalue weighted by atomic mass is 16.3. The van der Waals surface area contributed by atoms with Crippen molar-refractivity contribution in [2.75, 3.05) is 13.1 Å². The Labute approximate surface area is 127 Å². The van der Waals surface area contributed by atoms with Crippen molar-refractivity contribution in [1.29, 1.82) is 0 Å². The smallest absolute Gasteiger partial charge is 0.237 e.